The van der Waals surface area contributed by atoms with Crippen LogP contribution in [0.1, 0.15) is 33.3 Å². The summed E-state index contributed by atoms with van der Waals surface area (Å²) in [5, 5.41) is 10.3. The molecule has 0 aromatic heterocycles. The maximum absolute atomic E-state index is 10.3. The number of hydrogen-bond donors (Lipinski definition) is 0. The maximum atomic E-state index is 10.3. The molecule has 0 spiro atoms. The van der Waals surface area contributed by atoms with Crippen LogP contribution in [0.25, 0.3) is 5.57 Å². The van der Waals surface area contributed by atoms with Crippen molar-refractivity contribution in [1.82, 2.24) is 0 Å². The fourth-order valence-electron chi connectivity index (χ4n) is 1.69. The normalized spacial score (nSPS) is 12.3. The van der Waals surface area contributed by atoms with Crippen molar-refractivity contribution in [2.45, 2.75) is 27.7 Å². The van der Waals surface area contributed by atoms with Crippen molar-refractivity contribution in [2.75, 3.05) is 6.61 Å². The zero-order valence-corrected chi connectivity index (χ0v) is 11.3. The lowest BCUT2D eigenvalue weighted by Gasteiger charge is -2.14. The summed E-state index contributed by atoms with van der Waals surface area (Å²) < 4.78 is 5.02. The number of benzene rings is 1. The van der Waals surface area contributed by atoms with E-state index in [1.807, 2.05) is 12.1 Å². The van der Waals surface area contributed by atoms with Crippen LogP contribution in [0.5, 0.6) is 5.75 Å². The molecule has 0 aliphatic heterocycles. The first-order valence-electron chi connectivity index (χ1n) is 5.90. The Labute approximate surface area is 108 Å². The van der Waals surface area contributed by atoms with E-state index in [0.717, 1.165) is 5.56 Å². The molecule has 1 aromatic rings. The van der Waals surface area contributed by atoms with Crippen molar-refractivity contribution in [3.63, 3.8) is 0 Å². The second kappa shape index (κ2) is 5.71. The molecule has 0 fully saturated rings. The molecule has 0 atom stereocenters. The molecule has 1 rings (SSSR count). The fourth-order valence-corrected chi connectivity index (χ4v) is 1.69. The Hall–Kier alpha value is -1.77. The summed E-state index contributed by atoms with van der Waals surface area (Å²) in [5.41, 5.74) is 2.42. The van der Waals surface area contributed by atoms with Crippen LogP contribution >= 0.6 is 0 Å². The molecule has 3 nitrogen and oxygen atoms in total. The van der Waals surface area contributed by atoms with Crippen LogP contribution in [-0.2, 0) is 4.79 Å². The summed E-state index contributed by atoms with van der Waals surface area (Å²) in [4.78, 5) is 10.3. The SMILES string of the molecule is C/C(=C/C(C)(C)C)c1ccc(OCC(=O)[O-])cc1. The van der Waals surface area contributed by atoms with Gasteiger partial charge >= 0.3 is 0 Å². The highest BCUT2D eigenvalue weighted by Gasteiger charge is 2.07. The Kier molecular flexibility index (Phi) is 4.54. The van der Waals surface area contributed by atoms with Crippen molar-refractivity contribution < 1.29 is 14.6 Å². The Morgan fingerprint density at radius 1 is 1.28 bits per heavy atom. The third-order valence-corrected chi connectivity index (χ3v) is 2.32. The number of carbonyl (C=O) groups excluding carboxylic acids is 1. The van der Waals surface area contributed by atoms with Crippen LogP contribution < -0.4 is 9.84 Å². The molecular formula is C15H19O3-. The third-order valence-electron chi connectivity index (χ3n) is 2.32. The smallest absolute Gasteiger partial charge is 0.128 e. The molecule has 1 aromatic carbocycles. The zero-order valence-electron chi connectivity index (χ0n) is 11.3. The number of aliphatic carboxylic acids is 1. The van der Waals surface area contributed by atoms with Crippen LogP contribution in [0.3, 0.4) is 0 Å². The minimum absolute atomic E-state index is 0.133. The average molecular weight is 247 g/mol. The van der Waals surface area contributed by atoms with Crippen molar-refractivity contribution >= 4 is 11.5 Å². The molecule has 0 heterocycles. The number of rotatable bonds is 4. The van der Waals surface area contributed by atoms with E-state index < -0.39 is 12.6 Å². The minimum atomic E-state index is -1.22. The van der Waals surface area contributed by atoms with Gasteiger partial charge in [-0.3, -0.25) is 0 Å². The molecule has 18 heavy (non-hydrogen) atoms. The first kappa shape index (κ1) is 14.3. The summed E-state index contributed by atoms with van der Waals surface area (Å²) in [6.07, 6.45) is 2.20. The summed E-state index contributed by atoms with van der Waals surface area (Å²) in [5.74, 6) is -0.686. The van der Waals surface area contributed by atoms with Crippen LogP contribution in [0.4, 0.5) is 0 Å². The lowest BCUT2D eigenvalue weighted by Crippen LogP contribution is -2.28. The summed E-state index contributed by atoms with van der Waals surface area (Å²) in [6, 6.07) is 7.36. The Morgan fingerprint density at radius 3 is 2.28 bits per heavy atom. The van der Waals surface area contributed by atoms with E-state index in [4.69, 9.17) is 4.74 Å². The van der Waals surface area contributed by atoms with Gasteiger partial charge in [0.1, 0.15) is 12.4 Å². The molecule has 0 amide bonds. The molecule has 3 heteroatoms. The highest BCUT2D eigenvalue weighted by molar-refractivity contribution is 5.66. The largest absolute Gasteiger partial charge is 0.546 e. The van der Waals surface area contributed by atoms with Gasteiger partial charge in [0, 0.05) is 0 Å². The van der Waals surface area contributed by atoms with Crippen molar-refractivity contribution in [2.24, 2.45) is 5.41 Å². The van der Waals surface area contributed by atoms with Gasteiger partial charge in [-0.15, -0.1) is 0 Å². The zero-order chi connectivity index (χ0) is 13.8. The monoisotopic (exact) mass is 247 g/mol. The average Bonchev–Trinajstić information content (AvgIpc) is 2.24. The van der Waals surface area contributed by atoms with Crippen molar-refractivity contribution in [1.29, 1.82) is 0 Å². The predicted molar refractivity (Wildman–Crippen MR) is 70.1 cm³/mol. The summed E-state index contributed by atoms with van der Waals surface area (Å²) in [7, 11) is 0. The van der Waals surface area contributed by atoms with Crippen LogP contribution in [0.2, 0.25) is 0 Å². The van der Waals surface area contributed by atoms with Gasteiger partial charge < -0.3 is 14.6 Å². The van der Waals surface area contributed by atoms with Gasteiger partial charge in [0.25, 0.3) is 0 Å². The second-order valence-electron chi connectivity index (χ2n) is 5.38. The topological polar surface area (TPSA) is 49.4 Å². The molecular weight excluding hydrogens is 228 g/mol. The Bertz CT molecular complexity index is 436. The van der Waals surface area contributed by atoms with E-state index in [0.29, 0.717) is 5.75 Å². The van der Waals surface area contributed by atoms with Gasteiger partial charge in [0.05, 0.1) is 5.97 Å². The third kappa shape index (κ3) is 5.04. The quantitative estimate of drug-likeness (QED) is 0.820. The summed E-state index contributed by atoms with van der Waals surface area (Å²) >= 11 is 0. The van der Waals surface area contributed by atoms with E-state index in [1.54, 1.807) is 12.1 Å². The number of carbonyl (C=O) groups is 1. The number of carboxylic acid groups (broad SMARTS) is 1. The first-order valence-corrected chi connectivity index (χ1v) is 5.90. The molecule has 0 saturated heterocycles. The Balaban J connectivity index is 2.77. The van der Waals surface area contributed by atoms with Crippen molar-refractivity contribution in [3.8, 4) is 5.75 Å². The molecule has 0 unspecified atom stereocenters. The van der Waals surface area contributed by atoms with E-state index in [1.165, 1.54) is 5.57 Å². The molecule has 0 aliphatic rings. The van der Waals surface area contributed by atoms with Gasteiger partial charge in [-0.2, -0.15) is 0 Å². The highest BCUT2D eigenvalue weighted by Crippen LogP contribution is 2.24. The lowest BCUT2D eigenvalue weighted by molar-refractivity contribution is -0.307. The number of allylic oxidation sites excluding steroid dienone is 2. The number of hydrogen-bond acceptors (Lipinski definition) is 3. The maximum Gasteiger partial charge on any atom is 0.128 e. The molecule has 98 valence electrons. The number of carboxylic acids is 1. The molecule has 0 radical (unpaired) electrons. The van der Waals surface area contributed by atoms with E-state index in [9.17, 15) is 9.90 Å². The molecule has 0 saturated carbocycles. The Morgan fingerprint density at radius 2 is 1.83 bits per heavy atom. The lowest BCUT2D eigenvalue weighted by atomic mass is 9.92. The van der Waals surface area contributed by atoms with Crippen LogP contribution in [0, 0.1) is 5.41 Å². The summed E-state index contributed by atoms with van der Waals surface area (Å²) in [6.45, 7) is 8.08. The van der Waals surface area contributed by atoms with E-state index in [-0.39, 0.29) is 5.41 Å². The second-order valence-corrected chi connectivity index (χ2v) is 5.38. The van der Waals surface area contributed by atoms with Crippen LogP contribution in [0.15, 0.2) is 30.3 Å². The predicted octanol–water partition coefficient (Wildman–Crippen LogP) is 2.26. The standard InChI is InChI=1S/C15H20O3/c1-11(9-15(2,3)4)12-5-7-13(8-6-12)18-10-14(16)17/h5-9H,10H2,1-4H3,(H,16,17)/p-1/b11-9-. The number of ether oxygens (including phenoxy) is 1. The van der Waals surface area contributed by atoms with Gasteiger partial charge in [0.15, 0.2) is 0 Å². The van der Waals surface area contributed by atoms with Crippen LogP contribution in [-0.4, -0.2) is 12.6 Å². The molecule has 0 bridgehead atoms. The van der Waals surface area contributed by atoms with Gasteiger partial charge in [-0.25, -0.2) is 0 Å². The fraction of sp³-hybridized carbons (Fsp3) is 0.400. The first-order chi connectivity index (χ1) is 8.28. The molecule has 0 N–H and O–H groups in total. The van der Waals surface area contributed by atoms with Gasteiger partial charge in [0.2, 0.25) is 0 Å². The van der Waals surface area contributed by atoms with E-state index >= 15 is 0 Å². The van der Waals surface area contributed by atoms with Crippen molar-refractivity contribution in [3.05, 3.63) is 35.9 Å². The minimum Gasteiger partial charge on any atom is -0.546 e. The highest BCUT2D eigenvalue weighted by atomic mass is 16.5. The van der Waals surface area contributed by atoms with Gasteiger partial charge in [-0.1, -0.05) is 39.0 Å². The van der Waals surface area contributed by atoms with E-state index in [2.05, 4.69) is 33.8 Å². The van der Waals surface area contributed by atoms with Gasteiger partial charge in [-0.05, 0) is 35.6 Å². The molecule has 0 aliphatic carbocycles.